The average molecular weight is 427 g/mol. The number of nitrogens with two attached hydrogens (primary N) is 1. The monoisotopic (exact) mass is 427 g/mol. The second-order valence-electron chi connectivity index (χ2n) is 6.85. The maximum absolute atomic E-state index is 12.9. The molecule has 3 rings (SSSR count). The Morgan fingerprint density at radius 1 is 1.19 bits per heavy atom. The van der Waals surface area contributed by atoms with Gasteiger partial charge in [-0.15, -0.1) is 0 Å². The Morgan fingerprint density at radius 2 is 1.94 bits per heavy atom. The van der Waals surface area contributed by atoms with Crippen LogP contribution < -0.4 is 11.1 Å². The summed E-state index contributed by atoms with van der Waals surface area (Å²) in [5.74, 6) is -0.482. The minimum atomic E-state index is -4.54. The third-order valence-electron chi connectivity index (χ3n) is 4.68. The molecule has 1 aromatic carbocycles. The van der Waals surface area contributed by atoms with Gasteiger partial charge in [-0.1, -0.05) is 13.0 Å². The lowest BCUT2D eigenvalue weighted by Gasteiger charge is -2.12. The molecule has 0 unspecified atom stereocenters. The van der Waals surface area contributed by atoms with Crippen molar-refractivity contribution in [1.82, 2.24) is 9.97 Å². The van der Waals surface area contributed by atoms with Crippen LogP contribution in [0.3, 0.4) is 0 Å². The molecule has 0 saturated carbocycles. The van der Waals surface area contributed by atoms with Gasteiger partial charge in [-0.2, -0.15) is 13.2 Å². The first-order valence-corrected chi connectivity index (χ1v) is 9.40. The van der Waals surface area contributed by atoms with Crippen molar-refractivity contribution in [2.75, 3.05) is 11.1 Å². The number of rotatable bonds is 5. The van der Waals surface area contributed by atoms with Crippen LogP contribution in [0.2, 0.25) is 0 Å². The maximum Gasteiger partial charge on any atom is 0.416 e. The van der Waals surface area contributed by atoms with E-state index in [0.29, 0.717) is 40.3 Å². The summed E-state index contributed by atoms with van der Waals surface area (Å²) in [4.78, 5) is 21.1. The molecule has 2 heterocycles. The Bertz CT molecular complexity index is 1160. The number of carbonyl (C=O) groups is 1. The second kappa shape index (κ2) is 8.55. The summed E-state index contributed by atoms with van der Waals surface area (Å²) in [5, 5.41) is 10.5. The van der Waals surface area contributed by atoms with E-state index in [2.05, 4.69) is 15.3 Å². The molecule has 0 spiro atoms. The van der Waals surface area contributed by atoms with Crippen molar-refractivity contribution in [3.05, 3.63) is 71.0 Å². The molecule has 2 aromatic heterocycles. The van der Waals surface area contributed by atoms with Crippen LogP contribution in [0, 0.1) is 12.3 Å². The van der Waals surface area contributed by atoms with Crippen molar-refractivity contribution >= 4 is 23.1 Å². The van der Waals surface area contributed by atoms with Crippen molar-refractivity contribution in [1.29, 1.82) is 5.41 Å². The first-order chi connectivity index (χ1) is 14.6. The van der Waals surface area contributed by atoms with E-state index >= 15 is 0 Å². The average Bonchev–Trinajstić information content (AvgIpc) is 2.74. The van der Waals surface area contributed by atoms with Crippen molar-refractivity contribution in [3.8, 4) is 11.3 Å². The lowest BCUT2D eigenvalue weighted by Crippen LogP contribution is -2.14. The van der Waals surface area contributed by atoms with E-state index in [1.807, 2.05) is 6.92 Å². The van der Waals surface area contributed by atoms with Crippen molar-refractivity contribution in [2.45, 2.75) is 26.4 Å². The quantitative estimate of drug-likeness (QED) is 0.494. The Labute approximate surface area is 176 Å². The summed E-state index contributed by atoms with van der Waals surface area (Å²) >= 11 is 0. The number of halogens is 3. The number of hydrogen-bond acceptors (Lipinski definition) is 5. The van der Waals surface area contributed by atoms with Gasteiger partial charge in [0.15, 0.2) is 0 Å². The lowest BCUT2D eigenvalue weighted by molar-refractivity contribution is -0.137. The first kappa shape index (κ1) is 21.9. The number of carbonyl (C=O) groups excluding carboxylic acids is 1. The van der Waals surface area contributed by atoms with E-state index in [0.717, 1.165) is 12.1 Å². The van der Waals surface area contributed by atoms with Gasteiger partial charge in [0.1, 0.15) is 5.82 Å². The normalized spacial score (nSPS) is 11.3. The lowest BCUT2D eigenvalue weighted by atomic mass is 10.1. The largest absolute Gasteiger partial charge is 0.416 e. The van der Waals surface area contributed by atoms with Crippen molar-refractivity contribution < 1.29 is 18.0 Å². The molecule has 0 aliphatic heterocycles. The number of nitrogen functional groups attached to an aromatic ring is 1. The Hall–Kier alpha value is -3.75. The number of alkyl halides is 3. The van der Waals surface area contributed by atoms with Crippen LogP contribution in [-0.2, 0) is 6.18 Å². The first-order valence-electron chi connectivity index (χ1n) is 9.40. The van der Waals surface area contributed by atoms with E-state index in [1.165, 1.54) is 18.3 Å². The van der Waals surface area contributed by atoms with Crippen LogP contribution in [0.1, 0.15) is 40.5 Å². The summed E-state index contributed by atoms with van der Waals surface area (Å²) in [6, 6.07) is 9.22. The van der Waals surface area contributed by atoms with E-state index in [1.54, 1.807) is 25.1 Å². The number of aromatic nitrogens is 2. The minimum Gasteiger partial charge on any atom is -0.383 e. The molecular formula is C22H20F3N5O. The number of aryl methyl sites for hydroxylation is 1. The number of benzene rings is 1. The third-order valence-corrected chi connectivity index (χ3v) is 4.68. The van der Waals surface area contributed by atoms with E-state index in [9.17, 15) is 18.0 Å². The molecule has 0 atom stereocenters. The highest BCUT2D eigenvalue weighted by Gasteiger charge is 2.30. The number of pyridine rings is 2. The second-order valence-corrected chi connectivity index (χ2v) is 6.85. The fourth-order valence-electron chi connectivity index (χ4n) is 2.97. The predicted octanol–water partition coefficient (Wildman–Crippen LogP) is 5.08. The Balaban J connectivity index is 1.89. The molecule has 0 bridgehead atoms. The van der Waals surface area contributed by atoms with Gasteiger partial charge in [-0.3, -0.25) is 9.78 Å². The molecule has 6 nitrogen and oxygen atoms in total. The highest BCUT2D eigenvalue weighted by molar-refractivity contribution is 6.04. The van der Waals surface area contributed by atoms with Crippen molar-refractivity contribution in [3.63, 3.8) is 0 Å². The third kappa shape index (κ3) is 4.88. The number of anilines is 2. The highest BCUT2D eigenvalue weighted by atomic mass is 19.4. The molecule has 160 valence electrons. The summed E-state index contributed by atoms with van der Waals surface area (Å²) in [6.07, 6.45) is -2.61. The number of nitrogens with one attached hydrogen (secondary N) is 2. The summed E-state index contributed by atoms with van der Waals surface area (Å²) < 4.78 is 38.7. The SMILES string of the molecule is CCC(=N)c1ccc(-c2cc(NC(=O)c3cccc(C(F)(F)F)c3)cnc2C)nc1N. The van der Waals surface area contributed by atoms with Gasteiger partial charge >= 0.3 is 6.18 Å². The maximum atomic E-state index is 12.9. The predicted molar refractivity (Wildman–Crippen MR) is 113 cm³/mol. The molecule has 0 aliphatic carbocycles. The zero-order valence-electron chi connectivity index (χ0n) is 16.8. The van der Waals surface area contributed by atoms with Gasteiger partial charge in [0.25, 0.3) is 5.91 Å². The molecule has 31 heavy (non-hydrogen) atoms. The molecule has 4 N–H and O–H groups in total. The molecule has 3 aromatic rings. The van der Waals surface area contributed by atoms with E-state index < -0.39 is 17.6 Å². The Morgan fingerprint density at radius 3 is 2.58 bits per heavy atom. The molecule has 0 radical (unpaired) electrons. The van der Waals surface area contributed by atoms with Crippen LogP contribution >= 0.6 is 0 Å². The number of amides is 1. The van der Waals surface area contributed by atoms with Gasteiger partial charge in [0.2, 0.25) is 0 Å². The van der Waals surface area contributed by atoms with Crippen LogP contribution in [0.4, 0.5) is 24.7 Å². The topological polar surface area (TPSA) is 105 Å². The summed E-state index contributed by atoms with van der Waals surface area (Å²) in [7, 11) is 0. The van der Waals surface area contributed by atoms with Crippen LogP contribution in [0.25, 0.3) is 11.3 Å². The number of hydrogen-bond donors (Lipinski definition) is 3. The van der Waals surface area contributed by atoms with Crippen molar-refractivity contribution in [2.24, 2.45) is 0 Å². The van der Waals surface area contributed by atoms with Gasteiger partial charge in [0, 0.05) is 28.1 Å². The van der Waals surface area contributed by atoms with E-state index in [4.69, 9.17) is 11.1 Å². The fraction of sp³-hybridized carbons (Fsp3) is 0.182. The summed E-state index contributed by atoms with van der Waals surface area (Å²) in [5.41, 5.74) is 7.92. The standard InChI is InChI=1S/C22H20F3N5O/c1-3-18(26)16-7-8-19(30-20(16)27)17-10-15(11-28-12(17)2)29-21(31)13-5-4-6-14(9-13)22(23,24)25/h4-11,26H,3H2,1-2H3,(H2,27,30)(H,29,31). The summed E-state index contributed by atoms with van der Waals surface area (Å²) in [6.45, 7) is 3.61. The van der Waals surface area contributed by atoms with Gasteiger partial charge < -0.3 is 16.5 Å². The van der Waals surface area contributed by atoms with Crippen LogP contribution in [0.5, 0.6) is 0 Å². The zero-order chi connectivity index (χ0) is 22.8. The van der Waals surface area contributed by atoms with E-state index in [-0.39, 0.29) is 11.4 Å². The smallest absolute Gasteiger partial charge is 0.383 e. The highest BCUT2D eigenvalue weighted by Crippen LogP contribution is 2.30. The zero-order valence-corrected chi connectivity index (χ0v) is 16.8. The molecule has 1 amide bonds. The molecular weight excluding hydrogens is 407 g/mol. The van der Waals surface area contributed by atoms with Gasteiger partial charge in [-0.25, -0.2) is 4.98 Å². The molecule has 0 aliphatic rings. The Kier molecular flexibility index (Phi) is 6.05. The minimum absolute atomic E-state index is 0.123. The fourth-order valence-corrected chi connectivity index (χ4v) is 2.97. The molecule has 9 heteroatoms. The van der Waals surface area contributed by atoms with Crippen LogP contribution in [-0.4, -0.2) is 21.6 Å². The molecule has 0 saturated heterocycles. The van der Waals surface area contributed by atoms with Crippen LogP contribution in [0.15, 0.2) is 48.7 Å². The number of nitrogens with zero attached hydrogens (tertiary/aromatic N) is 2. The molecule has 0 fully saturated rings. The van der Waals surface area contributed by atoms with Gasteiger partial charge in [-0.05, 0) is 49.7 Å². The van der Waals surface area contributed by atoms with Gasteiger partial charge in [0.05, 0.1) is 23.1 Å².